The molecule has 2 saturated carbocycles. The van der Waals surface area contributed by atoms with E-state index in [4.69, 9.17) is 0 Å². The third kappa shape index (κ3) is 0.758. The second-order valence-electron chi connectivity index (χ2n) is 4.39. The topological polar surface area (TPSA) is 0 Å². The van der Waals surface area contributed by atoms with Crippen LogP contribution in [-0.4, -0.2) is 3.42 Å². The number of fused-ring (bicyclic) bond motifs is 5. The van der Waals surface area contributed by atoms with Crippen molar-refractivity contribution in [3.8, 4) is 0 Å². The minimum atomic E-state index is 0.695. The Bertz CT molecular complexity index is 221. The summed E-state index contributed by atoms with van der Waals surface area (Å²) in [6.45, 7) is 0. The van der Waals surface area contributed by atoms with E-state index in [9.17, 15) is 0 Å². The van der Waals surface area contributed by atoms with Gasteiger partial charge in [-0.15, -0.1) is 0 Å². The first kappa shape index (κ1) is 6.93. The number of rotatable bonds is 0. The van der Waals surface area contributed by atoms with Gasteiger partial charge in [0, 0.05) is 3.42 Å². The Morgan fingerprint density at radius 1 is 1.45 bits per heavy atom. The SMILES string of the molecule is IC12CCC(C1)C1CC=CC12. The quantitative estimate of drug-likeness (QED) is 0.356. The molecule has 3 aliphatic carbocycles. The summed E-state index contributed by atoms with van der Waals surface area (Å²) in [5.41, 5.74) is 0. The molecule has 11 heavy (non-hydrogen) atoms. The molecule has 0 nitrogen and oxygen atoms in total. The lowest BCUT2D eigenvalue weighted by Gasteiger charge is -2.30. The summed E-state index contributed by atoms with van der Waals surface area (Å²) in [7, 11) is 0. The summed E-state index contributed by atoms with van der Waals surface area (Å²) in [5.74, 6) is 3.11. The van der Waals surface area contributed by atoms with E-state index in [1.807, 2.05) is 0 Å². The van der Waals surface area contributed by atoms with Gasteiger partial charge in [0.2, 0.25) is 0 Å². The summed E-state index contributed by atoms with van der Waals surface area (Å²) >= 11 is 2.74. The Balaban J connectivity index is 2.03. The fraction of sp³-hybridized carbons (Fsp3) is 0.800. The zero-order valence-corrected chi connectivity index (χ0v) is 8.75. The molecule has 0 N–H and O–H groups in total. The molecule has 2 fully saturated rings. The average Bonchev–Trinajstić information content (AvgIpc) is 2.53. The number of alkyl halides is 1. The van der Waals surface area contributed by atoms with Crippen LogP contribution in [0.4, 0.5) is 0 Å². The predicted octanol–water partition coefficient (Wildman–Crippen LogP) is 3.17. The van der Waals surface area contributed by atoms with Crippen molar-refractivity contribution in [2.45, 2.75) is 29.1 Å². The predicted molar refractivity (Wildman–Crippen MR) is 54.8 cm³/mol. The minimum absolute atomic E-state index is 0.695. The van der Waals surface area contributed by atoms with E-state index in [0.717, 1.165) is 17.8 Å². The lowest BCUT2D eigenvalue weighted by Crippen LogP contribution is -2.27. The van der Waals surface area contributed by atoms with Crippen LogP contribution < -0.4 is 0 Å². The highest BCUT2D eigenvalue weighted by Gasteiger charge is 2.55. The Morgan fingerprint density at radius 3 is 3.18 bits per heavy atom. The van der Waals surface area contributed by atoms with Gasteiger partial charge < -0.3 is 0 Å². The van der Waals surface area contributed by atoms with Crippen LogP contribution in [0.1, 0.15) is 25.7 Å². The Kier molecular flexibility index (Phi) is 1.28. The Hall–Kier alpha value is 0.470. The molecule has 3 aliphatic rings. The second-order valence-corrected chi connectivity index (χ2v) is 6.54. The molecule has 0 aliphatic heterocycles. The van der Waals surface area contributed by atoms with E-state index in [0.29, 0.717) is 3.42 Å². The van der Waals surface area contributed by atoms with E-state index in [-0.39, 0.29) is 0 Å². The monoisotopic (exact) mass is 260 g/mol. The highest BCUT2D eigenvalue weighted by Crippen LogP contribution is 2.62. The van der Waals surface area contributed by atoms with Gasteiger partial charge in [-0.25, -0.2) is 0 Å². The molecule has 1 heteroatoms. The fourth-order valence-electron chi connectivity index (χ4n) is 3.45. The van der Waals surface area contributed by atoms with Crippen molar-refractivity contribution in [2.24, 2.45) is 17.8 Å². The first-order valence-corrected chi connectivity index (χ1v) is 5.73. The maximum Gasteiger partial charge on any atom is 0.0290 e. The van der Waals surface area contributed by atoms with E-state index < -0.39 is 0 Å². The standard InChI is InChI=1S/C10H13I/c11-10-5-4-7(6-10)8-2-1-3-9(8)10/h1,3,7-9H,2,4-6H2. The van der Waals surface area contributed by atoms with Crippen molar-refractivity contribution in [1.29, 1.82) is 0 Å². The van der Waals surface area contributed by atoms with E-state index in [1.165, 1.54) is 25.7 Å². The first-order valence-electron chi connectivity index (χ1n) is 4.65. The molecular weight excluding hydrogens is 247 g/mol. The molecule has 4 unspecified atom stereocenters. The molecule has 60 valence electrons. The van der Waals surface area contributed by atoms with Gasteiger partial charge in [-0.3, -0.25) is 0 Å². The van der Waals surface area contributed by atoms with Crippen LogP contribution in [0.2, 0.25) is 0 Å². The van der Waals surface area contributed by atoms with Crippen LogP contribution >= 0.6 is 22.6 Å². The van der Waals surface area contributed by atoms with Gasteiger partial charge in [0.1, 0.15) is 0 Å². The zero-order chi connectivity index (χ0) is 7.47. The molecule has 2 bridgehead atoms. The van der Waals surface area contributed by atoms with Crippen molar-refractivity contribution < 1.29 is 0 Å². The first-order chi connectivity index (χ1) is 5.30. The van der Waals surface area contributed by atoms with Gasteiger partial charge in [-0.2, -0.15) is 0 Å². The summed E-state index contributed by atoms with van der Waals surface area (Å²) in [5, 5.41) is 0. The van der Waals surface area contributed by atoms with Gasteiger partial charge in [0.25, 0.3) is 0 Å². The number of halogens is 1. The zero-order valence-electron chi connectivity index (χ0n) is 6.59. The summed E-state index contributed by atoms with van der Waals surface area (Å²) < 4.78 is 0.695. The van der Waals surface area contributed by atoms with E-state index in [2.05, 4.69) is 34.7 Å². The van der Waals surface area contributed by atoms with Crippen molar-refractivity contribution in [3.63, 3.8) is 0 Å². The van der Waals surface area contributed by atoms with Crippen molar-refractivity contribution in [1.82, 2.24) is 0 Å². The minimum Gasteiger partial charge on any atom is -0.0879 e. The molecule has 0 aromatic heterocycles. The van der Waals surface area contributed by atoms with Crippen LogP contribution in [0.25, 0.3) is 0 Å². The van der Waals surface area contributed by atoms with Gasteiger partial charge in [-0.1, -0.05) is 34.7 Å². The number of allylic oxidation sites excluding steroid dienone is 2. The fourth-order valence-corrected chi connectivity index (χ4v) is 4.99. The van der Waals surface area contributed by atoms with Crippen LogP contribution in [0.5, 0.6) is 0 Å². The van der Waals surface area contributed by atoms with Gasteiger partial charge >= 0.3 is 0 Å². The van der Waals surface area contributed by atoms with Crippen molar-refractivity contribution in [2.75, 3.05) is 0 Å². The van der Waals surface area contributed by atoms with E-state index >= 15 is 0 Å². The van der Waals surface area contributed by atoms with E-state index in [1.54, 1.807) is 0 Å². The molecule has 0 aromatic rings. The molecule has 0 aromatic carbocycles. The maximum absolute atomic E-state index is 2.74. The molecular formula is C10H13I. The summed E-state index contributed by atoms with van der Waals surface area (Å²) in [6.07, 6.45) is 10.8. The van der Waals surface area contributed by atoms with Crippen LogP contribution in [-0.2, 0) is 0 Å². The van der Waals surface area contributed by atoms with Crippen LogP contribution in [0.15, 0.2) is 12.2 Å². The highest BCUT2D eigenvalue weighted by atomic mass is 127. The van der Waals surface area contributed by atoms with Gasteiger partial charge in [-0.05, 0) is 43.4 Å². The Labute approximate surface area is 81.6 Å². The second kappa shape index (κ2) is 2.04. The third-order valence-electron chi connectivity index (χ3n) is 3.95. The average molecular weight is 260 g/mol. The largest absolute Gasteiger partial charge is 0.0879 e. The molecule has 3 rings (SSSR count). The van der Waals surface area contributed by atoms with Gasteiger partial charge in [0.15, 0.2) is 0 Å². The number of hydrogen-bond acceptors (Lipinski definition) is 0. The molecule has 0 amide bonds. The van der Waals surface area contributed by atoms with Crippen LogP contribution in [0.3, 0.4) is 0 Å². The Morgan fingerprint density at radius 2 is 2.36 bits per heavy atom. The molecule has 0 heterocycles. The molecule has 0 spiro atoms. The van der Waals surface area contributed by atoms with Crippen molar-refractivity contribution >= 4 is 22.6 Å². The normalized spacial score (nSPS) is 58.8. The smallest absolute Gasteiger partial charge is 0.0290 e. The summed E-state index contributed by atoms with van der Waals surface area (Å²) in [4.78, 5) is 0. The van der Waals surface area contributed by atoms with Crippen molar-refractivity contribution in [3.05, 3.63) is 12.2 Å². The maximum atomic E-state index is 2.74. The van der Waals surface area contributed by atoms with Crippen LogP contribution in [0, 0.1) is 17.8 Å². The molecule has 0 radical (unpaired) electrons. The summed E-state index contributed by atoms with van der Waals surface area (Å²) in [6, 6.07) is 0. The third-order valence-corrected chi connectivity index (χ3v) is 5.65. The lowest BCUT2D eigenvalue weighted by atomic mass is 9.81. The molecule has 0 saturated heterocycles. The number of hydrogen-bond donors (Lipinski definition) is 0. The highest BCUT2D eigenvalue weighted by molar-refractivity contribution is 14.1. The lowest BCUT2D eigenvalue weighted by molar-refractivity contribution is 0.305. The molecule has 4 atom stereocenters. The van der Waals surface area contributed by atoms with Gasteiger partial charge in [0.05, 0.1) is 0 Å².